The van der Waals surface area contributed by atoms with Crippen LogP contribution in [0.1, 0.15) is 20.8 Å². The summed E-state index contributed by atoms with van der Waals surface area (Å²) in [5, 5.41) is 0. The van der Waals surface area contributed by atoms with Gasteiger partial charge >= 0.3 is 0 Å². The molecular formula is C10H20N2. The fourth-order valence-electron chi connectivity index (χ4n) is 1.41. The molecule has 1 rings (SSSR count). The van der Waals surface area contributed by atoms with Crippen LogP contribution in [0.5, 0.6) is 0 Å². The lowest BCUT2D eigenvalue weighted by Gasteiger charge is -2.34. The van der Waals surface area contributed by atoms with Crippen LogP contribution in [0.2, 0.25) is 0 Å². The fourth-order valence-corrected chi connectivity index (χ4v) is 1.41. The number of likely N-dealkylation sites (N-methyl/N-ethyl adjacent to an activating group) is 1. The smallest absolute Gasteiger partial charge is 0.0297 e. The molecule has 70 valence electrons. The van der Waals surface area contributed by atoms with Crippen LogP contribution >= 0.6 is 0 Å². The van der Waals surface area contributed by atoms with E-state index in [9.17, 15) is 0 Å². The Hall–Kier alpha value is -0.500. The second kappa shape index (κ2) is 3.48. The van der Waals surface area contributed by atoms with Gasteiger partial charge in [0.25, 0.3) is 0 Å². The van der Waals surface area contributed by atoms with E-state index < -0.39 is 0 Å². The minimum absolute atomic E-state index is 0.301. The van der Waals surface area contributed by atoms with E-state index in [0.29, 0.717) is 5.54 Å². The summed E-state index contributed by atoms with van der Waals surface area (Å²) >= 11 is 0. The van der Waals surface area contributed by atoms with Crippen molar-refractivity contribution in [2.24, 2.45) is 0 Å². The average Bonchev–Trinajstić information content (AvgIpc) is 2.11. The Bertz CT molecular complexity index is 167. The van der Waals surface area contributed by atoms with E-state index >= 15 is 0 Å². The highest BCUT2D eigenvalue weighted by Crippen LogP contribution is 2.14. The van der Waals surface area contributed by atoms with Gasteiger partial charge in [0, 0.05) is 32.2 Å². The predicted octanol–water partition coefficient (Wildman–Crippen LogP) is 1.55. The number of nitrogens with zero attached hydrogens (tertiary/aromatic N) is 2. The third kappa shape index (κ3) is 2.52. The molecule has 0 fully saturated rings. The quantitative estimate of drug-likeness (QED) is 0.541. The minimum atomic E-state index is 0.301. The zero-order valence-electron chi connectivity index (χ0n) is 8.67. The standard InChI is InChI=1S/C10H20N2/c1-10(2,3)12-7-5-6-11(4)8-9-12/h5-6H,7-9H2,1-4H3. The molecule has 0 aromatic rings. The summed E-state index contributed by atoms with van der Waals surface area (Å²) in [5.74, 6) is 0. The molecule has 0 bridgehead atoms. The molecule has 1 aliphatic rings. The van der Waals surface area contributed by atoms with Crippen LogP contribution < -0.4 is 0 Å². The summed E-state index contributed by atoms with van der Waals surface area (Å²) in [4.78, 5) is 4.73. The first-order valence-corrected chi connectivity index (χ1v) is 4.62. The van der Waals surface area contributed by atoms with Gasteiger partial charge in [-0.15, -0.1) is 0 Å². The number of hydrogen-bond acceptors (Lipinski definition) is 2. The third-order valence-corrected chi connectivity index (χ3v) is 2.36. The van der Waals surface area contributed by atoms with Crippen LogP contribution in [-0.2, 0) is 0 Å². The van der Waals surface area contributed by atoms with E-state index in [0.717, 1.165) is 19.6 Å². The first-order chi connectivity index (χ1) is 5.50. The van der Waals surface area contributed by atoms with Crippen LogP contribution in [0.3, 0.4) is 0 Å². The summed E-state index contributed by atoms with van der Waals surface area (Å²) in [5.41, 5.74) is 0.301. The second-order valence-electron chi connectivity index (χ2n) is 4.48. The van der Waals surface area contributed by atoms with E-state index in [1.54, 1.807) is 0 Å². The molecule has 0 aromatic carbocycles. The SMILES string of the molecule is CN1C=CCN(C(C)(C)C)CC1. The van der Waals surface area contributed by atoms with Crippen molar-refractivity contribution >= 4 is 0 Å². The van der Waals surface area contributed by atoms with Gasteiger partial charge in [-0.2, -0.15) is 0 Å². The molecule has 12 heavy (non-hydrogen) atoms. The van der Waals surface area contributed by atoms with Gasteiger partial charge in [0.1, 0.15) is 0 Å². The van der Waals surface area contributed by atoms with Gasteiger partial charge in [0.15, 0.2) is 0 Å². The van der Waals surface area contributed by atoms with Crippen molar-refractivity contribution in [2.75, 3.05) is 26.7 Å². The normalized spacial score (nSPS) is 21.2. The molecule has 2 nitrogen and oxygen atoms in total. The zero-order chi connectivity index (χ0) is 9.19. The van der Waals surface area contributed by atoms with E-state index in [2.05, 4.69) is 49.9 Å². The first-order valence-electron chi connectivity index (χ1n) is 4.62. The number of hydrogen-bond donors (Lipinski definition) is 0. The van der Waals surface area contributed by atoms with Crippen LogP contribution in [0.25, 0.3) is 0 Å². The summed E-state index contributed by atoms with van der Waals surface area (Å²) in [6.07, 6.45) is 4.41. The lowest BCUT2D eigenvalue weighted by atomic mass is 10.1. The lowest BCUT2D eigenvalue weighted by Crippen LogP contribution is -2.43. The van der Waals surface area contributed by atoms with E-state index in [1.165, 1.54) is 0 Å². The summed E-state index contributed by atoms with van der Waals surface area (Å²) in [7, 11) is 2.13. The molecule has 2 heteroatoms. The highest BCUT2D eigenvalue weighted by Gasteiger charge is 2.20. The van der Waals surface area contributed by atoms with Gasteiger partial charge in [-0.1, -0.05) is 6.08 Å². The highest BCUT2D eigenvalue weighted by atomic mass is 15.2. The highest BCUT2D eigenvalue weighted by molar-refractivity contribution is 4.91. The maximum Gasteiger partial charge on any atom is 0.0297 e. The Balaban J connectivity index is 2.55. The molecule has 1 aliphatic heterocycles. The summed E-state index contributed by atoms with van der Waals surface area (Å²) in [6, 6.07) is 0. The van der Waals surface area contributed by atoms with Crippen molar-refractivity contribution in [2.45, 2.75) is 26.3 Å². The molecular weight excluding hydrogens is 148 g/mol. The van der Waals surface area contributed by atoms with Crippen molar-refractivity contribution in [1.82, 2.24) is 9.80 Å². The Labute approximate surface area is 75.8 Å². The van der Waals surface area contributed by atoms with E-state index in [-0.39, 0.29) is 0 Å². The average molecular weight is 168 g/mol. The fraction of sp³-hybridized carbons (Fsp3) is 0.800. The van der Waals surface area contributed by atoms with Gasteiger partial charge < -0.3 is 4.90 Å². The summed E-state index contributed by atoms with van der Waals surface area (Å²) < 4.78 is 0. The molecule has 0 aromatic heterocycles. The molecule has 0 spiro atoms. The molecule has 1 heterocycles. The topological polar surface area (TPSA) is 6.48 Å². The predicted molar refractivity (Wildman–Crippen MR) is 53.1 cm³/mol. The van der Waals surface area contributed by atoms with Crippen molar-refractivity contribution in [3.8, 4) is 0 Å². The molecule has 0 saturated carbocycles. The third-order valence-electron chi connectivity index (χ3n) is 2.36. The van der Waals surface area contributed by atoms with E-state index in [4.69, 9.17) is 0 Å². The largest absolute Gasteiger partial charge is 0.379 e. The van der Waals surface area contributed by atoms with Crippen LogP contribution in [-0.4, -0.2) is 42.0 Å². The molecule has 0 amide bonds. The van der Waals surface area contributed by atoms with Crippen molar-refractivity contribution < 1.29 is 0 Å². The van der Waals surface area contributed by atoms with Gasteiger partial charge in [-0.25, -0.2) is 0 Å². The molecule has 0 atom stereocenters. The molecule has 0 aliphatic carbocycles. The maximum absolute atomic E-state index is 2.49. The molecule has 0 unspecified atom stereocenters. The maximum atomic E-state index is 2.49. The lowest BCUT2D eigenvalue weighted by molar-refractivity contribution is 0.150. The van der Waals surface area contributed by atoms with Crippen molar-refractivity contribution in [3.05, 3.63) is 12.3 Å². The van der Waals surface area contributed by atoms with Crippen LogP contribution in [0.15, 0.2) is 12.3 Å². The molecule has 0 radical (unpaired) electrons. The van der Waals surface area contributed by atoms with E-state index in [1.807, 2.05) is 0 Å². The Morgan fingerprint density at radius 2 is 1.83 bits per heavy atom. The Morgan fingerprint density at radius 3 is 2.42 bits per heavy atom. The first kappa shape index (κ1) is 9.59. The Kier molecular flexibility index (Phi) is 2.78. The van der Waals surface area contributed by atoms with Gasteiger partial charge in [0.2, 0.25) is 0 Å². The molecule has 0 N–H and O–H groups in total. The monoisotopic (exact) mass is 168 g/mol. The van der Waals surface area contributed by atoms with Gasteiger partial charge in [-0.3, -0.25) is 4.90 Å². The second-order valence-corrected chi connectivity index (χ2v) is 4.48. The number of rotatable bonds is 0. The van der Waals surface area contributed by atoms with Crippen molar-refractivity contribution in [3.63, 3.8) is 0 Å². The van der Waals surface area contributed by atoms with Gasteiger partial charge in [-0.05, 0) is 27.0 Å². The van der Waals surface area contributed by atoms with Gasteiger partial charge in [0.05, 0.1) is 0 Å². The minimum Gasteiger partial charge on any atom is -0.379 e. The zero-order valence-corrected chi connectivity index (χ0v) is 8.67. The van der Waals surface area contributed by atoms with Crippen LogP contribution in [0.4, 0.5) is 0 Å². The Morgan fingerprint density at radius 1 is 1.17 bits per heavy atom. The summed E-state index contributed by atoms with van der Waals surface area (Å²) in [6.45, 7) is 10.2. The van der Waals surface area contributed by atoms with Crippen LogP contribution in [0, 0.1) is 0 Å². The van der Waals surface area contributed by atoms with Crippen molar-refractivity contribution in [1.29, 1.82) is 0 Å². The molecule has 0 saturated heterocycles.